The van der Waals surface area contributed by atoms with Crippen LogP contribution >= 0.6 is 28.1 Å². The van der Waals surface area contributed by atoms with Gasteiger partial charge in [0, 0.05) is 10.0 Å². The van der Waals surface area contributed by atoms with E-state index in [4.69, 9.17) is 22.7 Å². The van der Waals surface area contributed by atoms with Gasteiger partial charge >= 0.3 is 0 Å². The second kappa shape index (κ2) is 6.37. The van der Waals surface area contributed by atoms with E-state index in [1.165, 1.54) is 0 Å². The molecule has 0 aliphatic carbocycles. The lowest BCUT2D eigenvalue weighted by Crippen LogP contribution is -2.08. The molecule has 104 valence electrons. The van der Waals surface area contributed by atoms with E-state index in [0.29, 0.717) is 10.9 Å². The number of hydrogen-bond donors (Lipinski definition) is 1. The third kappa shape index (κ3) is 3.58. The molecule has 2 aromatic rings. The monoisotopic (exact) mass is 349 g/mol. The Hall–Kier alpha value is -1.39. The van der Waals surface area contributed by atoms with Gasteiger partial charge in [-0.2, -0.15) is 0 Å². The second-order valence-electron chi connectivity index (χ2n) is 4.83. The molecule has 0 aliphatic rings. The summed E-state index contributed by atoms with van der Waals surface area (Å²) in [5, 5.41) is 0. The molecule has 0 fully saturated rings. The molecule has 0 unspecified atom stereocenters. The summed E-state index contributed by atoms with van der Waals surface area (Å²) >= 11 is 8.43. The predicted molar refractivity (Wildman–Crippen MR) is 90.6 cm³/mol. The molecule has 2 N–H and O–H groups in total. The van der Waals surface area contributed by atoms with Gasteiger partial charge in [-0.15, -0.1) is 0 Å². The number of benzene rings is 2. The largest absolute Gasteiger partial charge is 0.457 e. The summed E-state index contributed by atoms with van der Waals surface area (Å²) in [5.41, 5.74) is 7.59. The van der Waals surface area contributed by atoms with Gasteiger partial charge in [-0.25, -0.2) is 0 Å². The fourth-order valence-electron chi connectivity index (χ4n) is 1.88. The number of thiocarbonyl (C=S) groups is 1. The van der Waals surface area contributed by atoms with Gasteiger partial charge in [-0.05, 0) is 53.9 Å². The highest BCUT2D eigenvalue weighted by molar-refractivity contribution is 9.10. The maximum atomic E-state index is 5.96. The summed E-state index contributed by atoms with van der Waals surface area (Å²) in [5.74, 6) is 2.03. The molecule has 0 amide bonds. The number of rotatable bonds is 4. The minimum absolute atomic E-state index is 0.387. The third-order valence-corrected chi connectivity index (χ3v) is 3.69. The molecule has 0 aromatic heterocycles. The minimum Gasteiger partial charge on any atom is -0.457 e. The summed E-state index contributed by atoms with van der Waals surface area (Å²) in [7, 11) is 0. The number of hydrogen-bond acceptors (Lipinski definition) is 2. The van der Waals surface area contributed by atoms with E-state index < -0.39 is 0 Å². The van der Waals surface area contributed by atoms with Gasteiger partial charge in [0.1, 0.15) is 16.5 Å². The highest BCUT2D eigenvalue weighted by Crippen LogP contribution is 2.32. The Morgan fingerprint density at radius 3 is 2.35 bits per heavy atom. The predicted octanol–water partition coefficient (Wildman–Crippen LogP) is 5.00. The number of nitrogens with two attached hydrogens (primary N) is 1. The molecule has 0 atom stereocenters. The normalized spacial score (nSPS) is 10.6. The van der Waals surface area contributed by atoms with Crippen LogP contribution in [0.3, 0.4) is 0 Å². The molecule has 0 saturated heterocycles. The third-order valence-electron chi connectivity index (χ3n) is 2.96. The van der Waals surface area contributed by atoms with Crippen LogP contribution in [0, 0.1) is 0 Å². The Kier molecular flexibility index (Phi) is 4.78. The standard InChI is InChI=1S/C16H16BrNOS/c1-10(2)14-9-12(17)5-8-15(14)19-13-6-3-11(4-7-13)16(18)20/h3-10H,1-2H3,(H2,18,20). The van der Waals surface area contributed by atoms with E-state index in [-0.39, 0.29) is 0 Å². The van der Waals surface area contributed by atoms with E-state index in [9.17, 15) is 0 Å². The van der Waals surface area contributed by atoms with Crippen LogP contribution in [0.5, 0.6) is 11.5 Å². The Bertz CT molecular complexity index is 623. The minimum atomic E-state index is 0.387. The van der Waals surface area contributed by atoms with E-state index >= 15 is 0 Å². The van der Waals surface area contributed by atoms with Gasteiger partial charge in [0.15, 0.2) is 0 Å². The number of halogens is 1. The molecule has 0 radical (unpaired) electrons. The zero-order valence-corrected chi connectivity index (χ0v) is 13.8. The molecule has 4 heteroatoms. The lowest BCUT2D eigenvalue weighted by Gasteiger charge is -2.14. The maximum absolute atomic E-state index is 5.96. The van der Waals surface area contributed by atoms with Gasteiger partial charge in [-0.1, -0.05) is 42.0 Å². The smallest absolute Gasteiger partial charge is 0.130 e. The second-order valence-corrected chi connectivity index (χ2v) is 6.18. The molecule has 2 aromatic carbocycles. The van der Waals surface area contributed by atoms with Crippen molar-refractivity contribution in [3.05, 3.63) is 58.1 Å². The Labute approximate surface area is 133 Å². The van der Waals surface area contributed by atoms with E-state index in [0.717, 1.165) is 27.1 Å². The van der Waals surface area contributed by atoms with Crippen LogP contribution in [0.1, 0.15) is 30.9 Å². The lowest BCUT2D eigenvalue weighted by molar-refractivity contribution is 0.473. The fraction of sp³-hybridized carbons (Fsp3) is 0.188. The Morgan fingerprint density at radius 2 is 1.80 bits per heavy atom. The van der Waals surface area contributed by atoms with Gasteiger partial charge in [0.2, 0.25) is 0 Å². The summed E-state index contributed by atoms with van der Waals surface area (Å²) < 4.78 is 7.01. The molecule has 2 nitrogen and oxygen atoms in total. The van der Waals surface area contributed by atoms with Crippen LogP contribution in [-0.2, 0) is 0 Å². The summed E-state index contributed by atoms with van der Waals surface area (Å²) in [4.78, 5) is 0.392. The quantitative estimate of drug-likeness (QED) is 0.788. The van der Waals surface area contributed by atoms with E-state index in [1.807, 2.05) is 36.4 Å². The maximum Gasteiger partial charge on any atom is 0.130 e. The number of ether oxygens (including phenoxy) is 1. The zero-order valence-electron chi connectivity index (χ0n) is 11.4. The summed E-state index contributed by atoms with van der Waals surface area (Å²) in [6, 6.07) is 13.5. The van der Waals surface area contributed by atoms with Crippen molar-refractivity contribution in [2.45, 2.75) is 19.8 Å². The van der Waals surface area contributed by atoms with E-state index in [2.05, 4.69) is 35.8 Å². The van der Waals surface area contributed by atoms with Gasteiger partial charge in [0.25, 0.3) is 0 Å². The summed E-state index contributed by atoms with van der Waals surface area (Å²) in [6.07, 6.45) is 0. The fourth-order valence-corrected chi connectivity index (χ4v) is 2.39. The summed E-state index contributed by atoms with van der Waals surface area (Å²) in [6.45, 7) is 4.29. The molecule has 0 saturated carbocycles. The molecule has 0 spiro atoms. The van der Waals surface area contributed by atoms with Crippen molar-refractivity contribution in [3.63, 3.8) is 0 Å². The molecule has 20 heavy (non-hydrogen) atoms. The molecular formula is C16H16BrNOS. The molecule has 0 heterocycles. The van der Waals surface area contributed by atoms with Gasteiger partial charge in [-0.3, -0.25) is 0 Å². The first-order valence-electron chi connectivity index (χ1n) is 6.34. The van der Waals surface area contributed by atoms with Crippen molar-refractivity contribution in [3.8, 4) is 11.5 Å². The van der Waals surface area contributed by atoms with Crippen LogP contribution in [0.4, 0.5) is 0 Å². The SMILES string of the molecule is CC(C)c1cc(Br)ccc1Oc1ccc(C(N)=S)cc1. The molecule has 0 bridgehead atoms. The van der Waals surface area contributed by atoms with Crippen molar-refractivity contribution < 1.29 is 4.74 Å². The van der Waals surface area contributed by atoms with E-state index in [1.54, 1.807) is 0 Å². The van der Waals surface area contributed by atoms with Crippen LogP contribution in [0.15, 0.2) is 46.9 Å². The average Bonchev–Trinajstić information content (AvgIpc) is 2.41. The van der Waals surface area contributed by atoms with Crippen LogP contribution in [-0.4, -0.2) is 4.99 Å². The molecule has 0 aliphatic heterocycles. The van der Waals surface area contributed by atoms with Crippen molar-refractivity contribution in [1.82, 2.24) is 0 Å². The topological polar surface area (TPSA) is 35.2 Å². The van der Waals surface area contributed by atoms with Crippen LogP contribution in [0.2, 0.25) is 0 Å². The molecular weight excluding hydrogens is 334 g/mol. The Morgan fingerprint density at radius 1 is 1.15 bits per heavy atom. The van der Waals surface area contributed by atoms with Crippen molar-refractivity contribution in [1.29, 1.82) is 0 Å². The van der Waals surface area contributed by atoms with Gasteiger partial charge in [0.05, 0.1) is 0 Å². The highest BCUT2D eigenvalue weighted by Gasteiger charge is 2.09. The lowest BCUT2D eigenvalue weighted by atomic mass is 10.0. The highest BCUT2D eigenvalue weighted by atomic mass is 79.9. The van der Waals surface area contributed by atoms with Crippen molar-refractivity contribution >= 4 is 33.1 Å². The van der Waals surface area contributed by atoms with Gasteiger partial charge < -0.3 is 10.5 Å². The Balaban J connectivity index is 2.27. The first-order chi connectivity index (χ1) is 9.47. The van der Waals surface area contributed by atoms with Crippen LogP contribution in [0.25, 0.3) is 0 Å². The first kappa shape index (κ1) is 15.0. The van der Waals surface area contributed by atoms with Crippen LogP contribution < -0.4 is 10.5 Å². The van der Waals surface area contributed by atoms with Crippen molar-refractivity contribution in [2.24, 2.45) is 5.73 Å². The first-order valence-corrected chi connectivity index (χ1v) is 7.54. The van der Waals surface area contributed by atoms with Crippen molar-refractivity contribution in [2.75, 3.05) is 0 Å². The average molecular weight is 350 g/mol. The molecule has 2 rings (SSSR count). The zero-order chi connectivity index (χ0) is 14.7.